The molecule has 0 aliphatic heterocycles. The van der Waals surface area contributed by atoms with E-state index in [9.17, 15) is 4.39 Å². The van der Waals surface area contributed by atoms with Gasteiger partial charge in [0.25, 0.3) is 0 Å². The average Bonchev–Trinajstić information content (AvgIpc) is 2.26. The summed E-state index contributed by atoms with van der Waals surface area (Å²) in [6, 6.07) is 8.57. The summed E-state index contributed by atoms with van der Waals surface area (Å²) in [5.41, 5.74) is -0.572. The van der Waals surface area contributed by atoms with Crippen molar-refractivity contribution in [1.82, 2.24) is 5.32 Å². The molecule has 0 radical (unpaired) electrons. The van der Waals surface area contributed by atoms with Gasteiger partial charge < -0.3 is 5.32 Å². The molecule has 1 atom stereocenters. The minimum Gasteiger partial charge on any atom is -0.302 e. The van der Waals surface area contributed by atoms with Gasteiger partial charge in [-0.25, -0.2) is 4.39 Å². The van der Waals surface area contributed by atoms with Crippen molar-refractivity contribution in [3.8, 4) is 6.07 Å². The monoisotopic (exact) mass is 224 g/mol. The number of nitriles is 1. The first-order valence-electron chi connectivity index (χ1n) is 4.58. The Kier molecular flexibility index (Phi) is 4.13. The maximum absolute atomic E-state index is 12.9. The maximum Gasteiger partial charge on any atom is 0.124 e. The summed E-state index contributed by atoms with van der Waals surface area (Å²) < 4.78 is 12.9. The van der Waals surface area contributed by atoms with E-state index in [0.29, 0.717) is 5.75 Å². The van der Waals surface area contributed by atoms with Crippen LogP contribution in [0.2, 0.25) is 0 Å². The van der Waals surface area contributed by atoms with Gasteiger partial charge in [-0.05, 0) is 32.2 Å². The number of thioether (sulfide) groups is 1. The summed E-state index contributed by atoms with van der Waals surface area (Å²) in [5, 5.41) is 11.9. The van der Waals surface area contributed by atoms with E-state index in [2.05, 4.69) is 11.4 Å². The lowest BCUT2D eigenvalue weighted by Crippen LogP contribution is -2.40. The molecule has 1 aromatic carbocycles. The van der Waals surface area contributed by atoms with Crippen LogP contribution in [0.1, 0.15) is 6.92 Å². The molecule has 4 heteroatoms. The predicted molar refractivity (Wildman–Crippen MR) is 60.2 cm³/mol. The lowest BCUT2D eigenvalue weighted by molar-refractivity contribution is 0.550. The van der Waals surface area contributed by atoms with Crippen molar-refractivity contribution >= 4 is 11.8 Å². The molecule has 0 heterocycles. The highest BCUT2D eigenvalue weighted by atomic mass is 32.2. The molecule has 0 fully saturated rings. The van der Waals surface area contributed by atoms with Gasteiger partial charge in [-0.3, -0.25) is 0 Å². The molecule has 0 saturated heterocycles. The molecule has 0 saturated carbocycles. The fraction of sp³-hybridized carbons (Fsp3) is 0.364. The molecule has 2 nitrogen and oxygen atoms in total. The van der Waals surface area contributed by atoms with Crippen LogP contribution in [0.3, 0.4) is 0 Å². The molecule has 1 aromatic rings. The number of halogens is 1. The van der Waals surface area contributed by atoms with E-state index < -0.39 is 5.54 Å². The molecule has 0 aliphatic carbocycles. The summed E-state index contributed by atoms with van der Waals surface area (Å²) in [6.07, 6.45) is 0. The quantitative estimate of drug-likeness (QED) is 0.798. The maximum atomic E-state index is 12.9. The molecule has 0 bridgehead atoms. The third kappa shape index (κ3) is 3.54. The largest absolute Gasteiger partial charge is 0.302 e. The first-order valence-corrected chi connectivity index (χ1v) is 5.57. The summed E-state index contributed by atoms with van der Waals surface area (Å²) in [5.74, 6) is 0.340. The molecule has 0 aromatic heterocycles. The molecule has 1 unspecified atom stereocenters. The van der Waals surface area contributed by atoms with Gasteiger partial charge in [-0.2, -0.15) is 5.26 Å². The Hall–Kier alpha value is -1.05. The molecular weight excluding hydrogens is 211 g/mol. The van der Waals surface area contributed by atoms with E-state index in [1.807, 2.05) is 13.0 Å². The first-order chi connectivity index (χ1) is 7.09. The number of rotatable bonds is 4. The average molecular weight is 224 g/mol. The summed E-state index contributed by atoms with van der Waals surface area (Å²) in [4.78, 5) is 0.840. The second kappa shape index (κ2) is 5.15. The highest BCUT2D eigenvalue weighted by Crippen LogP contribution is 2.22. The van der Waals surface area contributed by atoms with Crippen LogP contribution in [0.4, 0.5) is 4.39 Å². The van der Waals surface area contributed by atoms with E-state index in [0.717, 1.165) is 4.90 Å². The number of hydrogen-bond donors (Lipinski definition) is 1. The lowest BCUT2D eigenvalue weighted by Gasteiger charge is -2.19. The van der Waals surface area contributed by atoms with Crippen LogP contribution in [0, 0.1) is 17.1 Å². The van der Waals surface area contributed by atoms with Gasteiger partial charge in [0.15, 0.2) is 0 Å². The van der Waals surface area contributed by atoms with Crippen LogP contribution in [-0.2, 0) is 0 Å². The van der Waals surface area contributed by atoms with Crippen molar-refractivity contribution < 1.29 is 4.39 Å². The van der Waals surface area contributed by atoms with E-state index in [1.165, 1.54) is 23.9 Å². The van der Waals surface area contributed by atoms with E-state index in [1.54, 1.807) is 13.1 Å². The normalized spacial score (nSPS) is 14.3. The molecule has 1 N–H and O–H groups in total. The Labute approximate surface area is 93.5 Å². The van der Waals surface area contributed by atoms with Crippen molar-refractivity contribution in [2.45, 2.75) is 17.4 Å². The van der Waals surface area contributed by atoms with Gasteiger partial charge in [-0.15, -0.1) is 11.8 Å². The first kappa shape index (κ1) is 12.0. The zero-order valence-corrected chi connectivity index (χ0v) is 9.57. The number of nitrogens with zero attached hydrogens (tertiary/aromatic N) is 1. The predicted octanol–water partition coefficient (Wildman–Crippen LogP) is 2.42. The molecule has 0 amide bonds. The molecule has 1 rings (SSSR count). The fourth-order valence-electron chi connectivity index (χ4n) is 0.945. The van der Waals surface area contributed by atoms with Crippen LogP contribution in [0.15, 0.2) is 29.2 Å². The Morgan fingerprint density at radius 3 is 2.87 bits per heavy atom. The van der Waals surface area contributed by atoms with Gasteiger partial charge in [0, 0.05) is 10.6 Å². The molecular formula is C11H13FN2S. The SMILES string of the molecule is CNC(C)(C#N)CSc1cccc(F)c1. The van der Waals surface area contributed by atoms with Crippen molar-refractivity contribution in [3.05, 3.63) is 30.1 Å². The van der Waals surface area contributed by atoms with E-state index >= 15 is 0 Å². The van der Waals surface area contributed by atoms with Crippen LogP contribution >= 0.6 is 11.8 Å². The van der Waals surface area contributed by atoms with Gasteiger partial charge in [0.05, 0.1) is 6.07 Å². The smallest absolute Gasteiger partial charge is 0.124 e. The lowest BCUT2D eigenvalue weighted by atomic mass is 10.1. The zero-order chi connectivity index (χ0) is 11.3. The zero-order valence-electron chi connectivity index (χ0n) is 8.75. The molecule has 15 heavy (non-hydrogen) atoms. The van der Waals surface area contributed by atoms with E-state index in [-0.39, 0.29) is 5.82 Å². The van der Waals surface area contributed by atoms with Gasteiger partial charge in [0.1, 0.15) is 11.4 Å². The number of benzene rings is 1. The van der Waals surface area contributed by atoms with Crippen molar-refractivity contribution in [2.75, 3.05) is 12.8 Å². The van der Waals surface area contributed by atoms with Gasteiger partial charge >= 0.3 is 0 Å². The van der Waals surface area contributed by atoms with Crippen LogP contribution in [0.25, 0.3) is 0 Å². The van der Waals surface area contributed by atoms with Crippen LogP contribution in [-0.4, -0.2) is 18.3 Å². The number of hydrogen-bond acceptors (Lipinski definition) is 3. The van der Waals surface area contributed by atoms with Crippen molar-refractivity contribution in [2.24, 2.45) is 0 Å². The van der Waals surface area contributed by atoms with Crippen LogP contribution < -0.4 is 5.32 Å². The van der Waals surface area contributed by atoms with E-state index in [4.69, 9.17) is 5.26 Å². The molecule has 0 aliphatic rings. The Bertz CT molecular complexity index is 375. The molecule has 0 spiro atoms. The Morgan fingerprint density at radius 1 is 1.60 bits per heavy atom. The minimum atomic E-state index is -0.572. The third-order valence-electron chi connectivity index (χ3n) is 2.12. The second-order valence-electron chi connectivity index (χ2n) is 3.44. The topological polar surface area (TPSA) is 35.8 Å². The van der Waals surface area contributed by atoms with Crippen LogP contribution in [0.5, 0.6) is 0 Å². The Morgan fingerprint density at radius 2 is 2.33 bits per heavy atom. The Balaban J connectivity index is 2.61. The standard InChI is InChI=1S/C11H13FN2S/c1-11(7-13,14-2)8-15-10-5-3-4-9(12)6-10/h3-6,14H,8H2,1-2H3. The minimum absolute atomic E-state index is 0.247. The summed E-state index contributed by atoms with van der Waals surface area (Å²) >= 11 is 1.47. The fourth-order valence-corrected chi connectivity index (χ4v) is 1.98. The highest BCUT2D eigenvalue weighted by molar-refractivity contribution is 7.99. The highest BCUT2D eigenvalue weighted by Gasteiger charge is 2.21. The van der Waals surface area contributed by atoms with Crippen molar-refractivity contribution in [3.63, 3.8) is 0 Å². The second-order valence-corrected chi connectivity index (χ2v) is 4.49. The third-order valence-corrected chi connectivity index (χ3v) is 3.43. The van der Waals surface area contributed by atoms with Gasteiger partial charge in [0.2, 0.25) is 0 Å². The van der Waals surface area contributed by atoms with Gasteiger partial charge in [-0.1, -0.05) is 6.07 Å². The summed E-state index contributed by atoms with van der Waals surface area (Å²) in [6.45, 7) is 1.82. The van der Waals surface area contributed by atoms with Crippen molar-refractivity contribution in [1.29, 1.82) is 5.26 Å². The molecule has 80 valence electrons. The number of nitrogens with one attached hydrogen (secondary N) is 1. The summed E-state index contributed by atoms with van der Waals surface area (Å²) in [7, 11) is 1.75.